The van der Waals surface area contributed by atoms with Gasteiger partial charge in [-0.3, -0.25) is 4.90 Å². The molecular formula is C20H24ClNO2. The number of halogens is 1. The molecule has 0 spiro atoms. The summed E-state index contributed by atoms with van der Waals surface area (Å²) in [6.07, 6.45) is 3.62. The van der Waals surface area contributed by atoms with Crippen LogP contribution >= 0.6 is 11.6 Å². The van der Waals surface area contributed by atoms with E-state index in [4.69, 9.17) is 16.3 Å². The molecule has 0 radical (unpaired) electrons. The number of piperidine rings is 1. The van der Waals surface area contributed by atoms with Gasteiger partial charge in [0.15, 0.2) is 0 Å². The van der Waals surface area contributed by atoms with Crippen molar-refractivity contribution in [3.63, 3.8) is 0 Å². The number of benzene rings is 2. The van der Waals surface area contributed by atoms with E-state index < -0.39 is 0 Å². The van der Waals surface area contributed by atoms with Crippen molar-refractivity contribution in [1.29, 1.82) is 0 Å². The Morgan fingerprint density at radius 1 is 1.00 bits per heavy atom. The first-order valence-electron chi connectivity index (χ1n) is 8.58. The summed E-state index contributed by atoms with van der Waals surface area (Å²) in [4.78, 5) is 2.47. The van der Waals surface area contributed by atoms with Gasteiger partial charge in [-0.1, -0.05) is 23.7 Å². The number of nitrogens with zero attached hydrogens (tertiary/aromatic N) is 1. The highest BCUT2D eigenvalue weighted by Gasteiger charge is 2.19. The minimum Gasteiger partial charge on any atom is -0.508 e. The summed E-state index contributed by atoms with van der Waals surface area (Å²) in [6, 6.07) is 15.1. The summed E-state index contributed by atoms with van der Waals surface area (Å²) >= 11 is 5.94. The lowest BCUT2D eigenvalue weighted by Gasteiger charge is -2.31. The molecule has 0 bridgehead atoms. The summed E-state index contributed by atoms with van der Waals surface area (Å²) < 4.78 is 5.73. The molecule has 0 amide bonds. The van der Waals surface area contributed by atoms with Gasteiger partial charge in [-0.25, -0.2) is 0 Å². The molecule has 0 aliphatic carbocycles. The maximum atomic E-state index is 9.26. The SMILES string of the molecule is Oc1ccc(OCCN2CCC(Cc3ccc(Cl)cc3)CC2)cc1. The van der Waals surface area contributed by atoms with Crippen molar-refractivity contribution < 1.29 is 9.84 Å². The summed E-state index contributed by atoms with van der Waals surface area (Å²) in [7, 11) is 0. The highest BCUT2D eigenvalue weighted by molar-refractivity contribution is 6.30. The standard InChI is InChI=1S/C20H24ClNO2/c21-18-3-1-16(2-4-18)15-17-9-11-22(12-10-17)13-14-24-20-7-5-19(23)6-8-20/h1-8,17,23H,9-15H2. The second kappa shape index (κ2) is 8.41. The van der Waals surface area contributed by atoms with Crippen molar-refractivity contribution >= 4 is 11.6 Å². The van der Waals surface area contributed by atoms with Gasteiger partial charge >= 0.3 is 0 Å². The number of hydrogen-bond acceptors (Lipinski definition) is 3. The summed E-state index contributed by atoms with van der Waals surface area (Å²) in [5.41, 5.74) is 1.38. The first-order valence-corrected chi connectivity index (χ1v) is 8.95. The van der Waals surface area contributed by atoms with Crippen molar-refractivity contribution in [2.45, 2.75) is 19.3 Å². The molecule has 1 saturated heterocycles. The molecule has 2 aromatic rings. The monoisotopic (exact) mass is 345 g/mol. The van der Waals surface area contributed by atoms with Crippen LogP contribution in [0.3, 0.4) is 0 Å². The van der Waals surface area contributed by atoms with Crippen LogP contribution in [0.2, 0.25) is 5.02 Å². The molecule has 24 heavy (non-hydrogen) atoms. The number of phenols is 1. The number of hydrogen-bond donors (Lipinski definition) is 1. The van der Waals surface area contributed by atoms with E-state index in [-0.39, 0.29) is 5.75 Å². The Morgan fingerprint density at radius 2 is 1.67 bits per heavy atom. The summed E-state index contributed by atoms with van der Waals surface area (Å²) in [6.45, 7) is 3.91. The number of likely N-dealkylation sites (tertiary alicyclic amines) is 1. The van der Waals surface area contributed by atoms with Crippen molar-refractivity contribution in [1.82, 2.24) is 4.90 Å². The lowest BCUT2D eigenvalue weighted by atomic mass is 9.90. The normalized spacial score (nSPS) is 16.2. The third-order valence-electron chi connectivity index (χ3n) is 4.66. The van der Waals surface area contributed by atoms with Gasteiger partial charge in [0, 0.05) is 11.6 Å². The number of aromatic hydroxyl groups is 1. The number of phenolic OH excluding ortho intramolecular Hbond substituents is 1. The molecule has 1 N–H and O–H groups in total. The van der Waals surface area contributed by atoms with Gasteiger partial charge < -0.3 is 9.84 Å². The Morgan fingerprint density at radius 3 is 2.33 bits per heavy atom. The maximum Gasteiger partial charge on any atom is 0.119 e. The molecule has 1 aliphatic heterocycles. The fourth-order valence-electron chi connectivity index (χ4n) is 3.20. The van der Waals surface area contributed by atoms with E-state index in [1.165, 1.54) is 18.4 Å². The predicted octanol–water partition coefficient (Wildman–Crippen LogP) is 4.38. The third-order valence-corrected chi connectivity index (χ3v) is 4.91. The predicted molar refractivity (Wildman–Crippen MR) is 97.9 cm³/mol. The van der Waals surface area contributed by atoms with Crippen LogP contribution in [0, 0.1) is 5.92 Å². The van der Waals surface area contributed by atoms with Crippen LogP contribution in [-0.2, 0) is 6.42 Å². The van der Waals surface area contributed by atoms with Crippen LogP contribution < -0.4 is 4.74 Å². The summed E-state index contributed by atoms with van der Waals surface area (Å²) in [5, 5.41) is 10.1. The maximum absolute atomic E-state index is 9.26. The fourth-order valence-corrected chi connectivity index (χ4v) is 3.33. The molecule has 3 nitrogen and oxygen atoms in total. The smallest absolute Gasteiger partial charge is 0.119 e. The van der Waals surface area contributed by atoms with Crippen LogP contribution in [0.5, 0.6) is 11.5 Å². The molecule has 1 aliphatic rings. The Bertz CT molecular complexity index is 619. The highest BCUT2D eigenvalue weighted by atomic mass is 35.5. The Kier molecular flexibility index (Phi) is 6.00. The van der Waals surface area contributed by atoms with E-state index in [2.05, 4.69) is 17.0 Å². The second-order valence-electron chi connectivity index (χ2n) is 6.46. The van der Waals surface area contributed by atoms with Crippen LogP contribution in [0.25, 0.3) is 0 Å². The van der Waals surface area contributed by atoms with Crippen LogP contribution in [0.1, 0.15) is 18.4 Å². The van der Waals surface area contributed by atoms with Gasteiger partial charge in [0.05, 0.1) is 0 Å². The zero-order valence-corrected chi connectivity index (χ0v) is 14.6. The molecular weight excluding hydrogens is 322 g/mol. The van der Waals surface area contributed by atoms with Gasteiger partial charge in [0.1, 0.15) is 18.1 Å². The molecule has 4 heteroatoms. The minimum absolute atomic E-state index is 0.269. The first-order chi connectivity index (χ1) is 11.7. The Balaban J connectivity index is 1.36. The van der Waals surface area contributed by atoms with E-state index in [9.17, 15) is 5.11 Å². The van der Waals surface area contributed by atoms with Gasteiger partial charge in [0.2, 0.25) is 0 Å². The fraction of sp³-hybridized carbons (Fsp3) is 0.400. The molecule has 0 aromatic heterocycles. The first kappa shape index (κ1) is 17.1. The van der Waals surface area contributed by atoms with Gasteiger partial charge in [-0.2, -0.15) is 0 Å². The number of rotatable bonds is 6. The molecule has 0 saturated carbocycles. The molecule has 2 aromatic carbocycles. The van der Waals surface area contributed by atoms with Gasteiger partial charge in [0.25, 0.3) is 0 Å². The average Bonchev–Trinajstić information content (AvgIpc) is 2.60. The van der Waals surface area contributed by atoms with E-state index in [1.54, 1.807) is 24.3 Å². The van der Waals surface area contributed by atoms with Crippen molar-refractivity contribution in [2.24, 2.45) is 5.92 Å². The van der Waals surface area contributed by atoms with Crippen LogP contribution in [0.4, 0.5) is 0 Å². The van der Waals surface area contributed by atoms with E-state index in [1.807, 2.05) is 12.1 Å². The van der Waals surface area contributed by atoms with E-state index in [0.29, 0.717) is 6.61 Å². The molecule has 1 heterocycles. The van der Waals surface area contributed by atoms with Crippen molar-refractivity contribution in [3.05, 3.63) is 59.1 Å². The largest absolute Gasteiger partial charge is 0.508 e. The molecule has 0 atom stereocenters. The quantitative estimate of drug-likeness (QED) is 0.843. The third kappa shape index (κ3) is 5.15. The van der Waals surface area contributed by atoms with Gasteiger partial charge in [-0.05, 0) is 80.2 Å². The molecule has 1 fully saturated rings. The lowest BCUT2D eigenvalue weighted by Crippen LogP contribution is -2.36. The van der Waals surface area contributed by atoms with Crippen molar-refractivity contribution in [2.75, 3.05) is 26.2 Å². The van der Waals surface area contributed by atoms with Gasteiger partial charge in [-0.15, -0.1) is 0 Å². The lowest BCUT2D eigenvalue weighted by molar-refractivity contribution is 0.155. The number of ether oxygens (including phenoxy) is 1. The van der Waals surface area contributed by atoms with Crippen molar-refractivity contribution in [3.8, 4) is 11.5 Å². The molecule has 128 valence electrons. The average molecular weight is 346 g/mol. The zero-order chi connectivity index (χ0) is 16.8. The zero-order valence-electron chi connectivity index (χ0n) is 13.8. The van der Waals surface area contributed by atoms with E-state index >= 15 is 0 Å². The summed E-state index contributed by atoms with van der Waals surface area (Å²) in [5.74, 6) is 1.84. The Labute approximate surface area is 148 Å². The van der Waals surface area contributed by atoms with E-state index in [0.717, 1.165) is 42.7 Å². The topological polar surface area (TPSA) is 32.7 Å². The molecule has 0 unspecified atom stereocenters. The Hall–Kier alpha value is -1.71. The molecule has 3 rings (SSSR count). The van der Waals surface area contributed by atoms with Crippen LogP contribution in [0.15, 0.2) is 48.5 Å². The highest BCUT2D eigenvalue weighted by Crippen LogP contribution is 2.22. The minimum atomic E-state index is 0.269. The van der Waals surface area contributed by atoms with Crippen LogP contribution in [-0.4, -0.2) is 36.2 Å². The second-order valence-corrected chi connectivity index (χ2v) is 6.89.